The van der Waals surface area contributed by atoms with Crippen molar-refractivity contribution in [2.45, 2.75) is 32.1 Å². The standard InChI is InChI=1S/C15H23NO3/c1-3-19-10-4-9-15(11-16,14(17)18)13-7-5-12(2)6-8-13/h5-8H,3-4,9-11,16H2,1-2H3,(H,17,18). The molecular weight excluding hydrogens is 242 g/mol. The van der Waals surface area contributed by atoms with Crippen LogP contribution in [0.2, 0.25) is 0 Å². The first-order valence-corrected chi connectivity index (χ1v) is 6.65. The van der Waals surface area contributed by atoms with E-state index in [1.54, 1.807) is 0 Å². The summed E-state index contributed by atoms with van der Waals surface area (Å²) in [6.07, 6.45) is 1.17. The van der Waals surface area contributed by atoms with Crippen LogP contribution in [0.4, 0.5) is 0 Å². The number of carboxylic acid groups (broad SMARTS) is 1. The Balaban J connectivity index is 2.91. The number of carbonyl (C=O) groups is 1. The normalized spacial score (nSPS) is 14.1. The van der Waals surface area contributed by atoms with E-state index < -0.39 is 11.4 Å². The summed E-state index contributed by atoms with van der Waals surface area (Å²) in [4.78, 5) is 11.7. The zero-order valence-corrected chi connectivity index (χ0v) is 11.7. The number of benzene rings is 1. The van der Waals surface area contributed by atoms with Gasteiger partial charge in [-0.05, 0) is 32.3 Å². The van der Waals surface area contributed by atoms with Crippen molar-refractivity contribution < 1.29 is 14.6 Å². The summed E-state index contributed by atoms with van der Waals surface area (Å²) in [5.74, 6) is -0.865. The van der Waals surface area contributed by atoms with E-state index in [0.717, 1.165) is 11.1 Å². The van der Waals surface area contributed by atoms with Gasteiger partial charge in [-0.2, -0.15) is 0 Å². The SMILES string of the molecule is CCOCCCC(CN)(C(=O)O)c1ccc(C)cc1. The number of hydrogen-bond donors (Lipinski definition) is 2. The Labute approximate surface area is 114 Å². The molecule has 1 aromatic carbocycles. The third-order valence-electron chi connectivity index (χ3n) is 3.46. The Kier molecular flexibility index (Phi) is 5.99. The fourth-order valence-electron chi connectivity index (χ4n) is 2.17. The van der Waals surface area contributed by atoms with Crippen LogP contribution in [0.1, 0.15) is 30.9 Å². The van der Waals surface area contributed by atoms with Gasteiger partial charge in [0.05, 0.1) is 0 Å². The van der Waals surface area contributed by atoms with Gasteiger partial charge in [0.2, 0.25) is 0 Å². The Morgan fingerprint density at radius 1 is 1.37 bits per heavy atom. The highest BCUT2D eigenvalue weighted by Crippen LogP contribution is 2.29. The summed E-state index contributed by atoms with van der Waals surface area (Å²) < 4.78 is 5.27. The molecule has 0 amide bonds. The highest BCUT2D eigenvalue weighted by molar-refractivity contribution is 5.81. The van der Waals surface area contributed by atoms with Gasteiger partial charge < -0.3 is 15.6 Å². The van der Waals surface area contributed by atoms with Crippen molar-refractivity contribution in [2.24, 2.45) is 5.73 Å². The maximum absolute atomic E-state index is 11.7. The minimum absolute atomic E-state index is 0.0948. The van der Waals surface area contributed by atoms with Gasteiger partial charge in [-0.3, -0.25) is 4.79 Å². The van der Waals surface area contributed by atoms with Crippen molar-refractivity contribution in [3.05, 3.63) is 35.4 Å². The highest BCUT2D eigenvalue weighted by Gasteiger charge is 2.38. The van der Waals surface area contributed by atoms with E-state index in [0.29, 0.717) is 26.1 Å². The second-order valence-electron chi connectivity index (χ2n) is 4.76. The molecule has 19 heavy (non-hydrogen) atoms. The second-order valence-corrected chi connectivity index (χ2v) is 4.76. The molecule has 0 radical (unpaired) electrons. The van der Waals surface area contributed by atoms with Gasteiger partial charge >= 0.3 is 5.97 Å². The molecule has 0 aliphatic heterocycles. The van der Waals surface area contributed by atoms with Crippen molar-refractivity contribution in [1.82, 2.24) is 0 Å². The molecule has 1 atom stereocenters. The quantitative estimate of drug-likeness (QED) is 0.706. The summed E-state index contributed by atoms with van der Waals surface area (Å²) in [5, 5.41) is 9.58. The van der Waals surface area contributed by atoms with Crippen molar-refractivity contribution in [2.75, 3.05) is 19.8 Å². The zero-order chi connectivity index (χ0) is 14.3. The van der Waals surface area contributed by atoms with Crippen LogP contribution in [0.3, 0.4) is 0 Å². The van der Waals surface area contributed by atoms with E-state index in [4.69, 9.17) is 10.5 Å². The van der Waals surface area contributed by atoms with Crippen LogP contribution in [0.5, 0.6) is 0 Å². The number of ether oxygens (including phenoxy) is 1. The molecule has 0 spiro atoms. The molecule has 0 aliphatic carbocycles. The average Bonchev–Trinajstić information content (AvgIpc) is 2.40. The highest BCUT2D eigenvalue weighted by atomic mass is 16.5. The number of nitrogens with two attached hydrogens (primary N) is 1. The third kappa shape index (κ3) is 3.78. The van der Waals surface area contributed by atoms with E-state index in [9.17, 15) is 9.90 Å². The van der Waals surface area contributed by atoms with Crippen LogP contribution in [0.15, 0.2) is 24.3 Å². The number of rotatable bonds is 8. The van der Waals surface area contributed by atoms with Crippen LogP contribution in [0.25, 0.3) is 0 Å². The molecule has 0 aromatic heterocycles. The molecule has 1 rings (SSSR count). The average molecular weight is 265 g/mol. The molecule has 1 unspecified atom stereocenters. The largest absolute Gasteiger partial charge is 0.481 e. The lowest BCUT2D eigenvalue weighted by atomic mass is 9.76. The molecule has 0 heterocycles. The van der Waals surface area contributed by atoms with E-state index in [-0.39, 0.29) is 6.54 Å². The molecule has 4 nitrogen and oxygen atoms in total. The molecule has 0 fully saturated rings. The van der Waals surface area contributed by atoms with Gasteiger partial charge in [-0.25, -0.2) is 0 Å². The first-order chi connectivity index (χ1) is 9.06. The fourth-order valence-corrected chi connectivity index (χ4v) is 2.17. The molecule has 3 N–H and O–H groups in total. The fraction of sp³-hybridized carbons (Fsp3) is 0.533. The lowest BCUT2D eigenvalue weighted by Crippen LogP contribution is -2.43. The first-order valence-electron chi connectivity index (χ1n) is 6.65. The van der Waals surface area contributed by atoms with E-state index in [1.165, 1.54) is 0 Å². The van der Waals surface area contributed by atoms with E-state index >= 15 is 0 Å². The molecule has 106 valence electrons. The van der Waals surface area contributed by atoms with Gasteiger partial charge in [-0.15, -0.1) is 0 Å². The van der Waals surface area contributed by atoms with Crippen LogP contribution >= 0.6 is 0 Å². The Hall–Kier alpha value is -1.39. The Bertz CT molecular complexity index is 402. The van der Waals surface area contributed by atoms with Gasteiger partial charge in [-0.1, -0.05) is 29.8 Å². The molecule has 0 saturated heterocycles. The maximum atomic E-state index is 11.7. The predicted molar refractivity (Wildman–Crippen MR) is 75.3 cm³/mol. The number of hydrogen-bond acceptors (Lipinski definition) is 3. The van der Waals surface area contributed by atoms with E-state index in [2.05, 4.69) is 0 Å². The van der Waals surface area contributed by atoms with Gasteiger partial charge in [0.15, 0.2) is 0 Å². The molecule has 4 heteroatoms. The van der Waals surface area contributed by atoms with Gasteiger partial charge in [0.1, 0.15) is 5.41 Å². The summed E-state index contributed by atoms with van der Waals surface area (Å²) in [6, 6.07) is 7.56. The van der Waals surface area contributed by atoms with Crippen molar-refractivity contribution in [1.29, 1.82) is 0 Å². The summed E-state index contributed by atoms with van der Waals surface area (Å²) in [6.45, 7) is 5.21. The minimum Gasteiger partial charge on any atom is -0.481 e. The smallest absolute Gasteiger partial charge is 0.315 e. The molecule has 0 saturated carbocycles. The monoisotopic (exact) mass is 265 g/mol. The van der Waals surface area contributed by atoms with Crippen LogP contribution in [-0.2, 0) is 14.9 Å². The molecule has 1 aromatic rings. The molecule has 0 bridgehead atoms. The Morgan fingerprint density at radius 2 is 2.00 bits per heavy atom. The lowest BCUT2D eigenvalue weighted by molar-refractivity contribution is -0.144. The second kappa shape index (κ2) is 7.26. The number of aryl methyl sites for hydroxylation is 1. The zero-order valence-electron chi connectivity index (χ0n) is 11.7. The minimum atomic E-state index is -1.01. The first kappa shape index (κ1) is 15.7. The van der Waals surface area contributed by atoms with Gasteiger partial charge in [0.25, 0.3) is 0 Å². The van der Waals surface area contributed by atoms with Crippen molar-refractivity contribution in [3.63, 3.8) is 0 Å². The number of aliphatic carboxylic acids is 1. The summed E-state index contributed by atoms with van der Waals surface area (Å²) in [7, 11) is 0. The summed E-state index contributed by atoms with van der Waals surface area (Å²) in [5.41, 5.74) is 6.64. The topological polar surface area (TPSA) is 72.5 Å². The Morgan fingerprint density at radius 3 is 2.47 bits per heavy atom. The van der Waals surface area contributed by atoms with Gasteiger partial charge in [0, 0.05) is 19.8 Å². The van der Waals surface area contributed by atoms with Crippen LogP contribution in [-0.4, -0.2) is 30.8 Å². The molecule has 0 aliphatic rings. The maximum Gasteiger partial charge on any atom is 0.315 e. The van der Waals surface area contributed by atoms with Crippen LogP contribution < -0.4 is 5.73 Å². The number of carboxylic acids is 1. The van der Waals surface area contributed by atoms with Crippen molar-refractivity contribution >= 4 is 5.97 Å². The van der Waals surface area contributed by atoms with Crippen LogP contribution in [0, 0.1) is 6.92 Å². The summed E-state index contributed by atoms with van der Waals surface area (Å²) >= 11 is 0. The van der Waals surface area contributed by atoms with E-state index in [1.807, 2.05) is 38.1 Å². The lowest BCUT2D eigenvalue weighted by Gasteiger charge is -2.28. The van der Waals surface area contributed by atoms with Crippen molar-refractivity contribution in [3.8, 4) is 0 Å². The predicted octanol–water partition coefficient (Wildman–Crippen LogP) is 2.09. The molecular formula is C15H23NO3. The third-order valence-corrected chi connectivity index (χ3v) is 3.46.